The lowest BCUT2D eigenvalue weighted by Crippen LogP contribution is -2.49. The van der Waals surface area contributed by atoms with Crippen molar-refractivity contribution in [2.24, 2.45) is 0 Å². The number of amides is 3. The summed E-state index contributed by atoms with van der Waals surface area (Å²) in [4.78, 5) is 39.8. The number of carbonyl (C=O) groups excluding carboxylic acids is 3. The van der Waals surface area contributed by atoms with Gasteiger partial charge in [-0.2, -0.15) is 13.2 Å². The summed E-state index contributed by atoms with van der Waals surface area (Å²) < 4.78 is 43.8. The first kappa shape index (κ1) is 22.7. The topological polar surface area (TPSA) is 87.7 Å². The summed E-state index contributed by atoms with van der Waals surface area (Å²) in [7, 11) is 0. The van der Waals surface area contributed by atoms with Crippen LogP contribution in [-0.4, -0.2) is 42.2 Å². The minimum Gasteiger partial charge on any atom is -0.456 e. The number of benzene rings is 2. The Bertz CT molecular complexity index is 1150. The molecule has 3 amide bonds. The molecule has 0 saturated heterocycles. The highest BCUT2D eigenvalue weighted by Gasteiger charge is 2.42. The van der Waals surface area contributed by atoms with Crippen molar-refractivity contribution in [3.05, 3.63) is 70.9 Å². The molecule has 1 atom stereocenters. The molecule has 0 aliphatic carbocycles. The smallest absolute Gasteiger partial charge is 0.416 e. The van der Waals surface area contributed by atoms with Crippen molar-refractivity contribution in [1.82, 2.24) is 10.2 Å². The van der Waals surface area contributed by atoms with Crippen LogP contribution in [-0.2, 0) is 20.5 Å². The molecule has 0 fully saturated rings. The molecule has 7 nitrogen and oxygen atoms in total. The summed E-state index contributed by atoms with van der Waals surface area (Å²) in [6, 6.07) is 10.1. The molecule has 0 spiro atoms. The number of cyclic esters (lactones) is 1. The normalized spacial score (nSPS) is 18.1. The van der Waals surface area contributed by atoms with Crippen molar-refractivity contribution in [2.45, 2.75) is 17.1 Å². The van der Waals surface area contributed by atoms with Gasteiger partial charge in [0.2, 0.25) is 5.91 Å². The second-order valence-electron chi connectivity index (χ2n) is 7.31. The van der Waals surface area contributed by atoms with E-state index in [1.807, 2.05) is 18.4 Å². The van der Waals surface area contributed by atoms with Crippen LogP contribution in [0, 0.1) is 0 Å². The van der Waals surface area contributed by atoms with Gasteiger partial charge in [-0.3, -0.25) is 9.69 Å². The first-order valence-electron chi connectivity index (χ1n) is 9.76. The maximum Gasteiger partial charge on any atom is 0.416 e. The van der Waals surface area contributed by atoms with Crippen LogP contribution in [0.3, 0.4) is 0 Å². The monoisotopic (exact) mass is 477 g/mol. The average Bonchev–Trinajstić information content (AvgIpc) is 3.16. The lowest BCUT2D eigenvalue weighted by molar-refractivity contribution is -0.138. The van der Waals surface area contributed by atoms with Crippen molar-refractivity contribution < 1.29 is 32.3 Å². The van der Waals surface area contributed by atoms with Crippen LogP contribution in [0.25, 0.3) is 0 Å². The van der Waals surface area contributed by atoms with Crippen molar-refractivity contribution in [3.63, 3.8) is 0 Å². The molecule has 1 unspecified atom stereocenters. The molecule has 0 saturated carbocycles. The minimum absolute atomic E-state index is 0.0630. The largest absolute Gasteiger partial charge is 0.456 e. The van der Waals surface area contributed by atoms with Crippen LogP contribution in [0.2, 0.25) is 0 Å². The van der Waals surface area contributed by atoms with E-state index in [1.54, 1.807) is 23.9 Å². The van der Waals surface area contributed by atoms with Crippen molar-refractivity contribution in [2.75, 3.05) is 24.7 Å². The lowest BCUT2D eigenvalue weighted by Gasteiger charge is -2.32. The number of carbonyl (C=O) groups is 3. The summed E-state index contributed by atoms with van der Waals surface area (Å²) in [6.45, 7) is -0.687. The first-order valence-corrected chi connectivity index (χ1v) is 11.0. The van der Waals surface area contributed by atoms with E-state index in [0.29, 0.717) is 5.56 Å². The summed E-state index contributed by atoms with van der Waals surface area (Å²) >= 11 is 1.55. The van der Waals surface area contributed by atoms with Gasteiger partial charge < -0.3 is 15.4 Å². The molecule has 0 radical (unpaired) electrons. The van der Waals surface area contributed by atoms with Crippen molar-refractivity contribution in [3.8, 4) is 0 Å². The average molecular weight is 477 g/mol. The number of ether oxygens (including phenoxy) is 1. The number of esters is 1. The Kier molecular flexibility index (Phi) is 6.07. The highest BCUT2D eigenvalue weighted by Crippen LogP contribution is 2.35. The standard InChI is InChI=1S/C22H18F3N3O4S/c1-33-15-7-5-12(6-8-15)19-18-16(11-32-20(18)30)28(21(31)27-19)10-17(29)26-14-4-2-3-13(9-14)22(23,24)25/h2-9,19H,10-11H2,1H3,(H,26,29)(H,27,31). The van der Waals surface area contributed by atoms with Gasteiger partial charge in [0.05, 0.1) is 22.9 Å². The highest BCUT2D eigenvalue weighted by molar-refractivity contribution is 7.98. The molecule has 172 valence electrons. The fourth-order valence-electron chi connectivity index (χ4n) is 3.64. The van der Waals surface area contributed by atoms with Gasteiger partial charge in [-0.25, -0.2) is 9.59 Å². The number of nitrogens with one attached hydrogen (secondary N) is 2. The van der Waals surface area contributed by atoms with E-state index in [9.17, 15) is 27.6 Å². The Labute approximate surface area is 191 Å². The first-order chi connectivity index (χ1) is 15.7. The Balaban J connectivity index is 1.55. The molecule has 4 rings (SSSR count). The zero-order chi connectivity index (χ0) is 23.8. The zero-order valence-electron chi connectivity index (χ0n) is 17.2. The molecule has 2 aromatic carbocycles. The fourth-order valence-corrected chi connectivity index (χ4v) is 4.05. The molecular formula is C22H18F3N3O4S. The minimum atomic E-state index is -4.56. The van der Waals surface area contributed by atoms with E-state index in [1.165, 1.54) is 12.1 Å². The quantitative estimate of drug-likeness (QED) is 0.503. The van der Waals surface area contributed by atoms with Gasteiger partial charge in [0.15, 0.2) is 0 Å². The maximum absolute atomic E-state index is 12.9. The van der Waals surface area contributed by atoms with Gasteiger partial charge in [-0.05, 0) is 42.2 Å². The van der Waals surface area contributed by atoms with Gasteiger partial charge in [0, 0.05) is 10.6 Å². The van der Waals surface area contributed by atoms with Gasteiger partial charge in [-0.1, -0.05) is 18.2 Å². The van der Waals surface area contributed by atoms with E-state index in [0.717, 1.165) is 21.9 Å². The molecule has 33 heavy (non-hydrogen) atoms. The SMILES string of the molecule is CSc1ccc(C2NC(=O)N(CC(=O)Nc3cccc(C(F)(F)F)c3)C3=C2C(=O)OC3)cc1. The summed E-state index contributed by atoms with van der Waals surface area (Å²) in [5.41, 5.74) is 0.180. The second-order valence-corrected chi connectivity index (χ2v) is 8.18. The summed E-state index contributed by atoms with van der Waals surface area (Å²) in [6.07, 6.45) is -2.63. The van der Waals surface area contributed by atoms with E-state index in [-0.39, 0.29) is 23.6 Å². The van der Waals surface area contributed by atoms with Gasteiger partial charge in [-0.15, -0.1) is 11.8 Å². The van der Waals surface area contributed by atoms with Crippen LogP contribution < -0.4 is 10.6 Å². The summed E-state index contributed by atoms with van der Waals surface area (Å²) in [5.74, 6) is -1.33. The molecule has 2 aliphatic heterocycles. The molecule has 11 heteroatoms. The Morgan fingerprint density at radius 3 is 2.61 bits per heavy atom. The van der Waals surface area contributed by atoms with Crippen LogP contribution in [0.1, 0.15) is 17.2 Å². The number of thioether (sulfide) groups is 1. The third-order valence-corrected chi connectivity index (χ3v) is 5.97. The van der Waals surface area contributed by atoms with Gasteiger partial charge >= 0.3 is 18.2 Å². The number of halogens is 3. The Hall–Kier alpha value is -3.47. The van der Waals surface area contributed by atoms with Crippen LogP contribution >= 0.6 is 11.8 Å². The Morgan fingerprint density at radius 1 is 1.21 bits per heavy atom. The van der Waals surface area contributed by atoms with E-state index >= 15 is 0 Å². The number of alkyl halides is 3. The van der Waals surface area contributed by atoms with Crippen molar-refractivity contribution >= 4 is 35.4 Å². The number of hydrogen-bond acceptors (Lipinski definition) is 5. The van der Waals surface area contributed by atoms with Crippen LogP contribution in [0.15, 0.2) is 64.7 Å². The molecular weight excluding hydrogens is 459 g/mol. The molecule has 2 aliphatic rings. The lowest BCUT2D eigenvalue weighted by atomic mass is 9.96. The maximum atomic E-state index is 12.9. The zero-order valence-corrected chi connectivity index (χ0v) is 18.0. The molecule has 2 aromatic rings. The van der Waals surface area contributed by atoms with E-state index in [2.05, 4.69) is 10.6 Å². The molecule has 0 bridgehead atoms. The number of rotatable bonds is 5. The van der Waals surface area contributed by atoms with Gasteiger partial charge in [0.1, 0.15) is 13.2 Å². The number of urea groups is 1. The van der Waals surface area contributed by atoms with Crippen LogP contribution in [0.4, 0.5) is 23.7 Å². The van der Waals surface area contributed by atoms with Gasteiger partial charge in [0.25, 0.3) is 0 Å². The predicted octanol–water partition coefficient (Wildman–Crippen LogP) is 3.94. The third kappa shape index (κ3) is 4.68. The Morgan fingerprint density at radius 2 is 1.94 bits per heavy atom. The fraction of sp³-hybridized carbons (Fsp3) is 0.227. The highest BCUT2D eigenvalue weighted by atomic mass is 32.2. The molecule has 0 aromatic heterocycles. The predicted molar refractivity (Wildman–Crippen MR) is 114 cm³/mol. The van der Waals surface area contributed by atoms with Crippen molar-refractivity contribution in [1.29, 1.82) is 0 Å². The van der Waals surface area contributed by atoms with Crippen LogP contribution in [0.5, 0.6) is 0 Å². The third-order valence-electron chi connectivity index (χ3n) is 5.22. The molecule has 2 N–H and O–H groups in total. The molecule has 2 heterocycles. The second kappa shape index (κ2) is 8.81. The van der Waals surface area contributed by atoms with E-state index < -0.39 is 42.2 Å². The number of anilines is 1. The van der Waals surface area contributed by atoms with E-state index in [4.69, 9.17) is 4.74 Å². The number of nitrogens with zero attached hydrogens (tertiary/aromatic N) is 1. The number of hydrogen-bond donors (Lipinski definition) is 2. The summed E-state index contributed by atoms with van der Waals surface area (Å²) in [5, 5.41) is 5.07.